The number of carbonyl (C=O) groups excluding carboxylic acids is 1. The number of alkyl carbamates (subject to hydrolysis) is 1. The number of nitriles is 1. The summed E-state index contributed by atoms with van der Waals surface area (Å²) in [7, 11) is 0. The van der Waals surface area contributed by atoms with Gasteiger partial charge in [0.05, 0.1) is 12.5 Å². The molecule has 5 heteroatoms. The number of nitrogens with one attached hydrogen (secondary N) is 1. The Labute approximate surface area is 145 Å². The summed E-state index contributed by atoms with van der Waals surface area (Å²) < 4.78 is 11.0. The Bertz CT molecular complexity index is 575. The molecule has 1 N–H and O–H groups in total. The van der Waals surface area contributed by atoms with E-state index < -0.39 is 11.7 Å². The van der Waals surface area contributed by atoms with Crippen LogP contribution in [0.5, 0.6) is 5.75 Å². The number of amides is 1. The van der Waals surface area contributed by atoms with E-state index in [0.717, 1.165) is 11.3 Å². The van der Waals surface area contributed by atoms with Gasteiger partial charge in [-0.1, -0.05) is 12.1 Å². The molecule has 1 aromatic carbocycles. The van der Waals surface area contributed by atoms with Gasteiger partial charge in [-0.05, 0) is 65.7 Å². The number of hydrogen-bond acceptors (Lipinski definition) is 4. The molecule has 132 valence electrons. The Balaban J connectivity index is 2.68. The lowest BCUT2D eigenvalue weighted by atomic mass is 10.0. The number of nitrogens with zero attached hydrogens (tertiary/aromatic N) is 1. The number of ether oxygens (including phenoxy) is 2. The molecule has 0 aromatic heterocycles. The summed E-state index contributed by atoms with van der Waals surface area (Å²) in [5.41, 5.74) is 0.212. The molecule has 1 atom stereocenters. The standard InChI is InChI=1S/C19H28N2O3/c1-18(2,3)23-16-9-7-14(8-10-16)13-15(11-12-20)21-17(22)24-19(4,5)6/h7-10,15H,11,13H2,1-6H3,(H,21,22). The van der Waals surface area contributed by atoms with Gasteiger partial charge in [0.25, 0.3) is 0 Å². The molecule has 1 unspecified atom stereocenters. The third-order valence-electron chi connectivity index (χ3n) is 2.89. The van der Waals surface area contributed by atoms with Crippen LogP contribution in [0.2, 0.25) is 0 Å². The van der Waals surface area contributed by atoms with Crippen LogP contribution in [0.4, 0.5) is 4.79 Å². The van der Waals surface area contributed by atoms with Crippen molar-refractivity contribution in [1.29, 1.82) is 5.26 Å². The van der Waals surface area contributed by atoms with E-state index in [0.29, 0.717) is 6.42 Å². The topological polar surface area (TPSA) is 71.3 Å². The van der Waals surface area contributed by atoms with Crippen LogP contribution in [0, 0.1) is 11.3 Å². The molecular formula is C19H28N2O3. The first-order chi connectivity index (χ1) is 11.0. The van der Waals surface area contributed by atoms with Gasteiger partial charge in [0.2, 0.25) is 0 Å². The zero-order chi connectivity index (χ0) is 18.4. The molecule has 0 aliphatic rings. The highest BCUT2D eigenvalue weighted by molar-refractivity contribution is 5.68. The van der Waals surface area contributed by atoms with E-state index in [1.165, 1.54) is 0 Å². The van der Waals surface area contributed by atoms with Gasteiger partial charge >= 0.3 is 6.09 Å². The van der Waals surface area contributed by atoms with Crippen LogP contribution < -0.4 is 10.1 Å². The van der Waals surface area contributed by atoms with Crippen molar-refractivity contribution in [2.24, 2.45) is 0 Å². The van der Waals surface area contributed by atoms with E-state index in [4.69, 9.17) is 14.7 Å². The number of carbonyl (C=O) groups is 1. The van der Waals surface area contributed by atoms with Crippen molar-refractivity contribution in [2.75, 3.05) is 0 Å². The SMILES string of the molecule is CC(C)(C)OC(=O)NC(CC#N)Cc1ccc(OC(C)(C)C)cc1. The van der Waals surface area contributed by atoms with Gasteiger partial charge < -0.3 is 14.8 Å². The highest BCUT2D eigenvalue weighted by Crippen LogP contribution is 2.19. The Morgan fingerprint density at radius 1 is 1.12 bits per heavy atom. The lowest BCUT2D eigenvalue weighted by Gasteiger charge is -2.23. The van der Waals surface area contributed by atoms with Crippen LogP contribution in [0.15, 0.2) is 24.3 Å². The summed E-state index contributed by atoms with van der Waals surface area (Å²) in [5.74, 6) is 0.795. The molecule has 0 heterocycles. The minimum absolute atomic E-state index is 0.222. The van der Waals surface area contributed by atoms with Crippen LogP contribution in [-0.4, -0.2) is 23.3 Å². The first kappa shape index (κ1) is 19.8. The third kappa shape index (κ3) is 8.42. The van der Waals surface area contributed by atoms with Gasteiger partial charge in [0, 0.05) is 6.04 Å². The summed E-state index contributed by atoms with van der Waals surface area (Å²) in [5, 5.41) is 11.7. The van der Waals surface area contributed by atoms with Crippen molar-refractivity contribution in [3.63, 3.8) is 0 Å². The molecule has 1 amide bonds. The summed E-state index contributed by atoms with van der Waals surface area (Å²) in [4.78, 5) is 11.9. The number of benzene rings is 1. The fourth-order valence-electron chi connectivity index (χ4n) is 2.09. The van der Waals surface area contributed by atoms with Gasteiger partial charge in [0.15, 0.2) is 0 Å². The molecular weight excluding hydrogens is 304 g/mol. The maximum atomic E-state index is 11.9. The third-order valence-corrected chi connectivity index (χ3v) is 2.89. The van der Waals surface area contributed by atoms with Crippen LogP contribution in [0.25, 0.3) is 0 Å². The Hall–Kier alpha value is -2.22. The van der Waals surface area contributed by atoms with Gasteiger partial charge in [-0.2, -0.15) is 5.26 Å². The van der Waals surface area contributed by atoms with E-state index in [1.54, 1.807) is 20.8 Å². The van der Waals surface area contributed by atoms with Crippen molar-refractivity contribution in [3.8, 4) is 11.8 Å². The average molecular weight is 332 g/mol. The van der Waals surface area contributed by atoms with E-state index in [-0.39, 0.29) is 18.1 Å². The maximum absolute atomic E-state index is 11.9. The Morgan fingerprint density at radius 3 is 2.17 bits per heavy atom. The summed E-state index contributed by atoms with van der Waals surface area (Å²) in [6, 6.07) is 9.51. The first-order valence-electron chi connectivity index (χ1n) is 8.13. The predicted octanol–water partition coefficient (Wildman–Crippen LogP) is 4.21. The van der Waals surface area contributed by atoms with Crippen LogP contribution in [0.1, 0.15) is 53.5 Å². The Morgan fingerprint density at radius 2 is 1.71 bits per heavy atom. The molecule has 0 spiro atoms. The number of hydrogen-bond donors (Lipinski definition) is 1. The van der Waals surface area contributed by atoms with E-state index in [1.807, 2.05) is 45.0 Å². The zero-order valence-electron chi connectivity index (χ0n) is 15.5. The average Bonchev–Trinajstić information content (AvgIpc) is 2.37. The van der Waals surface area contributed by atoms with Crippen molar-refractivity contribution >= 4 is 6.09 Å². The largest absolute Gasteiger partial charge is 0.488 e. The predicted molar refractivity (Wildman–Crippen MR) is 93.9 cm³/mol. The van der Waals surface area contributed by atoms with Crippen molar-refractivity contribution in [1.82, 2.24) is 5.32 Å². The van der Waals surface area contributed by atoms with Crippen molar-refractivity contribution in [3.05, 3.63) is 29.8 Å². The summed E-state index contributed by atoms with van der Waals surface area (Å²) in [6.45, 7) is 11.4. The molecule has 0 aliphatic heterocycles. The smallest absolute Gasteiger partial charge is 0.407 e. The van der Waals surface area contributed by atoms with Crippen LogP contribution in [0.3, 0.4) is 0 Å². The Kier molecular flexibility index (Phi) is 6.65. The summed E-state index contributed by atoms with van der Waals surface area (Å²) in [6.07, 6.45) is 0.276. The molecule has 24 heavy (non-hydrogen) atoms. The molecule has 5 nitrogen and oxygen atoms in total. The van der Waals surface area contributed by atoms with Crippen LogP contribution in [-0.2, 0) is 11.2 Å². The fourth-order valence-corrected chi connectivity index (χ4v) is 2.09. The highest BCUT2D eigenvalue weighted by atomic mass is 16.6. The molecule has 0 saturated carbocycles. The fraction of sp³-hybridized carbons (Fsp3) is 0.579. The zero-order valence-corrected chi connectivity index (χ0v) is 15.5. The maximum Gasteiger partial charge on any atom is 0.407 e. The second-order valence-electron chi connectivity index (χ2n) is 7.77. The van der Waals surface area contributed by atoms with Gasteiger partial charge in [-0.15, -0.1) is 0 Å². The van der Waals surface area contributed by atoms with Gasteiger partial charge in [-0.3, -0.25) is 0 Å². The molecule has 0 saturated heterocycles. The normalized spacial score (nSPS) is 12.9. The molecule has 0 fully saturated rings. The molecule has 1 rings (SSSR count). The van der Waals surface area contributed by atoms with Crippen molar-refractivity contribution in [2.45, 2.75) is 71.6 Å². The van der Waals surface area contributed by atoms with Gasteiger partial charge in [-0.25, -0.2) is 4.79 Å². The van der Waals surface area contributed by atoms with E-state index >= 15 is 0 Å². The quantitative estimate of drug-likeness (QED) is 0.876. The lowest BCUT2D eigenvalue weighted by molar-refractivity contribution is 0.0505. The van der Waals surface area contributed by atoms with Crippen LogP contribution >= 0.6 is 0 Å². The molecule has 0 aliphatic carbocycles. The first-order valence-corrected chi connectivity index (χ1v) is 8.13. The minimum Gasteiger partial charge on any atom is -0.488 e. The minimum atomic E-state index is -0.562. The monoisotopic (exact) mass is 332 g/mol. The van der Waals surface area contributed by atoms with Gasteiger partial charge in [0.1, 0.15) is 17.0 Å². The molecule has 1 aromatic rings. The number of rotatable bonds is 5. The van der Waals surface area contributed by atoms with E-state index in [2.05, 4.69) is 11.4 Å². The second-order valence-corrected chi connectivity index (χ2v) is 7.77. The summed E-state index contributed by atoms with van der Waals surface area (Å²) >= 11 is 0. The molecule has 0 radical (unpaired) electrons. The highest BCUT2D eigenvalue weighted by Gasteiger charge is 2.20. The molecule has 0 bridgehead atoms. The van der Waals surface area contributed by atoms with E-state index in [9.17, 15) is 4.79 Å². The van der Waals surface area contributed by atoms with Crippen molar-refractivity contribution < 1.29 is 14.3 Å². The lowest BCUT2D eigenvalue weighted by Crippen LogP contribution is -2.40. The second kappa shape index (κ2) is 8.05.